The molecule has 1 aromatic carbocycles. The van der Waals surface area contributed by atoms with E-state index in [0.29, 0.717) is 12.4 Å². The highest BCUT2D eigenvalue weighted by molar-refractivity contribution is 5.80. The minimum Gasteiger partial charge on any atom is -0.444 e. The number of rotatable bonds is 5. The third kappa shape index (κ3) is 6.58. The molecule has 1 N–H and O–H groups in total. The quantitative estimate of drug-likeness (QED) is 0.828. The number of nitrogens with zero attached hydrogens (tertiary/aromatic N) is 3. The van der Waals surface area contributed by atoms with E-state index in [1.54, 1.807) is 6.21 Å². The number of amides is 1. The average molecular weight is 358 g/mol. The van der Waals surface area contributed by atoms with E-state index in [2.05, 4.69) is 20.3 Å². The van der Waals surface area contributed by atoms with Gasteiger partial charge in [0.05, 0.1) is 18.4 Å². The summed E-state index contributed by atoms with van der Waals surface area (Å²) in [6, 6.07) is 7.35. The van der Waals surface area contributed by atoms with Crippen molar-refractivity contribution in [2.24, 2.45) is 4.99 Å². The first-order valence-electron chi connectivity index (χ1n) is 8.31. The van der Waals surface area contributed by atoms with E-state index in [9.17, 15) is 9.18 Å². The molecule has 0 unspecified atom stereocenters. The van der Waals surface area contributed by atoms with E-state index < -0.39 is 17.5 Å². The molecule has 26 heavy (non-hydrogen) atoms. The second-order valence-electron chi connectivity index (χ2n) is 6.86. The second-order valence-corrected chi connectivity index (χ2v) is 6.86. The van der Waals surface area contributed by atoms with Crippen LogP contribution >= 0.6 is 0 Å². The molecule has 0 radical (unpaired) electrons. The highest BCUT2D eigenvalue weighted by Crippen LogP contribution is 2.14. The van der Waals surface area contributed by atoms with Crippen LogP contribution in [0.4, 0.5) is 9.18 Å². The average Bonchev–Trinajstić information content (AvgIpc) is 2.58. The van der Waals surface area contributed by atoms with Crippen molar-refractivity contribution in [1.29, 1.82) is 0 Å². The van der Waals surface area contributed by atoms with Gasteiger partial charge in [-0.05, 0) is 33.3 Å². The topological polar surface area (TPSA) is 76.5 Å². The number of halogens is 1. The monoisotopic (exact) mass is 358 g/mol. The molecule has 1 atom stereocenters. The summed E-state index contributed by atoms with van der Waals surface area (Å²) in [6.07, 6.45) is 3.55. The van der Waals surface area contributed by atoms with Crippen molar-refractivity contribution in [3.8, 4) is 11.4 Å². The maximum atomic E-state index is 12.9. The van der Waals surface area contributed by atoms with E-state index >= 15 is 0 Å². The molecule has 0 aliphatic rings. The van der Waals surface area contributed by atoms with Crippen LogP contribution in [0.25, 0.3) is 11.4 Å². The summed E-state index contributed by atoms with van der Waals surface area (Å²) >= 11 is 0. The van der Waals surface area contributed by atoms with Crippen LogP contribution in [-0.2, 0) is 4.74 Å². The van der Waals surface area contributed by atoms with E-state index in [1.807, 2.05) is 52.0 Å². The van der Waals surface area contributed by atoms with Crippen molar-refractivity contribution in [2.75, 3.05) is 6.54 Å². The van der Waals surface area contributed by atoms with E-state index in [-0.39, 0.29) is 6.04 Å². The first-order chi connectivity index (χ1) is 12.2. The van der Waals surface area contributed by atoms with Gasteiger partial charge >= 0.3 is 6.09 Å². The van der Waals surface area contributed by atoms with E-state index in [0.717, 1.165) is 23.5 Å². The third-order valence-corrected chi connectivity index (χ3v) is 3.21. The van der Waals surface area contributed by atoms with Crippen LogP contribution in [0.5, 0.6) is 0 Å². The zero-order valence-corrected chi connectivity index (χ0v) is 15.4. The minimum atomic E-state index is -0.521. The van der Waals surface area contributed by atoms with Crippen LogP contribution in [0, 0.1) is 5.82 Å². The Morgan fingerprint density at radius 3 is 2.46 bits per heavy atom. The molecule has 1 aromatic heterocycles. The molecule has 0 bridgehead atoms. The number of aromatic nitrogens is 2. The summed E-state index contributed by atoms with van der Waals surface area (Å²) in [4.78, 5) is 23.9. The fourth-order valence-electron chi connectivity index (χ4n) is 1.99. The summed E-state index contributed by atoms with van der Waals surface area (Å²) < 4.78 is 18.0. The molecule has 7 heteroatoms. The Morgan fingerprint density at radius 2 is 1.88 bits per heavy atom. The van der Waals surface area contributed by atoms with Crippen molar-refractivity contribution in [3.63, 3.8) is 0 Å². The highest BCUT2D eigenvalue weighted by Gasteiger charge is 2.16. The summed E-state index contributed by atoms with van der Waals surface area (Å²) in [6.45, 7) is 7.72. The standard InChI is InChI=1S/C19H23FN4O2/c1-13(9-24-18(25)26-19(2,3)4)21-10-14-5-7-15(8-6-14)17-22-11-16(20)12-23-17/h5-8,10-13H,9H2,1-4H3,(H,24,25)/b21-10+/t13-/m0/s1. The van der Waals surface area contributed by atoms with Gasteiger partial charge in [-0.15, -0.1) is 0 Å². The lowest BCUT2D eigenvalue weighted by Gasteiger charge is -2.20. The van der Waals surface area contributed by atoms with Crippen molar-refractivity contribution < 1.29 is 13.9 Å². The van der Waals surface area contributed by atoms with Crippen LogP contribution < -0.4 is 5.32 Å². The molecule has 138 valence electrons. The molecule has 0 saturated carbocycles. The number of carbonyl (C=O) groups excluding carboxylic acids is 1. The molecular weight excluding hydrogens is 335 g/mol. The molecule has 6 nitrogen and oxygen atoms in total. The zero-order chi connectivity index (χ0) is 19.2. The van der Waals surface area contributed by atoms with Crippen LogP contribution in [-0.4, -0.2) is 40.5 Å². The van der Waals surface area contributed by atoms with Gasteiger partial charge in [0.15, 0.2) is 11.6 Å². The molecule has 2 aromatic rings. The lowest BCUT2D eigenvalue weighted by atomic mass is 10.1. The minimum absolute atomic E-state index is 0.0948. The fraction of sp³-hybridized carbons (Fsp3) is 0.368. The Kier molecular flexibility index (Phi) is 6.38. The van der Waals surface area contributed by atoms with E-state index in [4.69, 9.17) is 4.74 Å². The first-order valence-corrected chi connectivity index (χ1v) is 8.31. The summed E-state index contributed by atoms with van der Waals surface area (Å²) in [5, 5.41) is 2.69. The summed E-state index contributed by atoms with van der Waals surface area (Å²) in [7, 11) is 0. The summed E-state index contributed by atoms with van der Waals surface area (Å²) in [5.41, 5.74) is 1.17. The van der Waals surface area contributed by atoms with Crippen molar-refractivity contribution >= 4 is 12.3 Å². The molecule has 1 amide bonds. The number of carbonyl (C=O) groups is 1. The van der Waals surface area contributed by atoms with Gasteiger partial charge in [-0.25, -0.2) is 19.2 Å². The largest absolute Gasteiger partial charge is 0.444 e. The van der Waals surface area contributed by atoms with Gasteiger partial charge in [-0.1, -0.05) is 24.3 Å². The normalized spacial score (nSPS) is 12.8. The predicted molar refractivity (Wildman–Crippen MR) is 98.7 cm³/mol. The van der Waals surface area contributed by atoms with Crippen molar-refractivity contribution in [2.45, 2.75) is 39.3 Å². The van der Waals surface area contributed by atoms with Crippen LogP contribution in [0.15, 0.2) is 41.7 Å². The Labute approximate surface area is 152 Å². The van der Waals surface area contributed by atoms with Gasteiger partial charge < -0.3 is 10.1 Å². The van der Waals surface area contributed by atoms with Crippen LogP contribution in [0.2, 0.25) is 0 Å². The molecule has 0 spiro atoms. The number of alkyl carbamates (subject to hydrolysis) is 1. The number of hydrogen-bond acceptors (Lipinski definition) is 5. The molecule has 0 aliphatic heterocycles. The lowest BCUT2D eigenvalue weighted by Crippen LogP contribution is -2.35. The maximum Gasteiger partial charge on any atom is 0.407 e. The Hall–Kier alpha value is -2.83. The van der Waals surface area contributed by atoms with Gasteiger partial charge in [0, 0.05) is 18.3 Å². The predicted octanol–water partition coefficient (Wildman–Crippen LogP) is 3.61. The lowest BCUT2D eigenvalue weighted by molar-refractivity contribution is 0.0525. The Morgan fingerprint density at radius 1 is 1.27 bits per heavy atom. The SMILES string of the molecule is C[C@@H](CNC(=O)OC(C)(C)C)/N=C/c1ccc(-c2ncc(F)cn2)cc1. The summed E-state index contributed by atoms with van der Waals surface area (Å²) in [5.74, 6) is -0.00343. The molecule has 0 fully saturated rings. The highest BCUT2D eigenvalue weighted by atomic mass is 19.1. The molecule has 2 rings (SSSR count). The number of nitrogens with one attached hydrogen (secondary N) is 1. The number of hydrogen-bond donors (Lipinski definition) is 1. The molecule has 1 heterocycles. The second kappa shape index (κ2) is 8.51. The Balaban J connectivity index is 1.87. The number of benzene rings is 1. The van der Waals surface area contributed by atoms with Gasteiger partial charge in [-0.2, -0.15) is 0 Å². The number of ether oxygens (including phenoxy) is 1. The Bertz CT molecular complexity index is 753. The van der Waals surface area contributed by atoms with Gasteiger partial charge in [-0.3, -0.25) is 4.99 Å². The van der Waals surface area contributed by atoms with Gasteiger partial charge in [0.25, 0.3) is 0 Å². The van der Waals surface area contributed by atoms with Crippen LogP contribution in [0.1, 0.15) is 33.3 Å². The molecule has 0 saturated heterocycles. The molecular formula is C19H23FN4O2. The maximum absolute atomic E-state index is 12.9. The smallest absolute Gasteiger partial charge is 0.407 e. The number of aliphatic imine (C=N–C) groups is 1. The zero-order valence-electron chi connectivity index (χ0n) is 15.4. The van der Waals surface area contributed by atoms with E-state index in [1.165, 1.54) is 0 Å². The first kappa shape index (κ1) is 19.5. The fourth-order valence-corrected chi connectivity index (χ4v) is 1.99. The van der Waals surface area contributed by atoms with Gasteiger partial charge in [0.1, 0.15) is 5.60 Å². The van der Waals surface area contributed by atoms with Crippen molar-refractivity contribution in [1.82, 2.24) is 15.3 Å². The van der Waals surface area contributed by atoms with Crippen LogP contribution in [0.3, 0.4) is 0 Å². The molecule has 0 aliphatic carbocycles. The van der Waals surface area contributed by atoms with Crippen molar-refractivity contribution in [3.05, 3.63) is 48.0 Å². The third-order valence-electron chi connectivity index (χ3n) is 3.21. The van der Waals surface area contributed by atoms with Gasteiger partial charge in [0.2, 0.25) is 0 Å².